The predicted molar refractivity (Wildman–Crippen MR) is 102 cm³/mol. The number of aryl methyl sites for hydroxylation is 2. The topological polar surface area (TPSA) is 102 Å². The summed E-state index contributed by atoms with van der Waals surface area (Å²) >= 11 is 0. The quantitative estimate of drug-likeness (QED) is 0.842. The number of fused-ring (bicyclic) bond motifs is 2. The number of carbonyl (C=O) groups is 1. The standard InChI is InChI=1S/C19H23N3O5S/c1-12-18(13(2)27-20-12)28(24,25)21-14-6-7-17-16(11-14)19(23)22-9-4-3-5-15(22)8-10-26-17/h6-7,11,15,21H,3-5,8-10H2,1-2H3. The Morgan fingerprint density at radius 2 is 2.04 bits per heavy atom. The maximum atomic E-state index is 13.1. The minimum Gasteiger partial charge on any atom is -0.493 e. The first-order valence-electron chi connectivity index (χ1n) is 9.40. The summed E-state index contributed by atoms with van der Waals surface area (Å²) < 4.78 is 38.8. The monoisotopic (exact) mass is 405 g/mol. The smallest absolute Gasteiger partial charge is 0.267 e. The summed E-state index contributed by atoms with van der Waals surface area (Å²) in [5, 5.41) is 3.70. The Morgan fingerprint density at radius 3 is 2.79 bits per heavy atom. The van der Waals surface area contributed by atoms with Gasteiger partial charge in [0.25, 0.3) is 15.9 Å². The van der Waals surface area contributed by atoms with Crippen LogP contribution in [-0.4, -0.2) is 43.6 Å². The van der Waals surface area contributed by atoms with Gasteiger partial charge in [-0.25, -0.2) is 8.42 Å². The zero-order valence-electron chi connectivity index (χ0n) is 15.9. The van der Waals surface area contributed by atoms with Crippen molar-refractivity contribution in [3.8, 4) is 5.75 Å². The zero-order chi connectivity index (χ0) is 19.9. The van der Waals surface area contributed by atoms with Crippen LogP contribution in [0.5, 0.6) is 5.75 Å². The molecular formula is C19H23N3O5S. The third kappa shape index (κ3) is 3.34. The Labute approximate surface area is 163 Å². The van der Waals surface area contributed by atoms with Crippen LogP contribution in [0.2, 0.25) is 0 Å². The van der Waals surface area contributed by atoms with Crippen LogP contribution in [0.4, 0.5) is 5.69 Å². The highest BCUT2D eigenvalue weighted by Crippen LogP contribution is 2.32. The largest absolute Gasteiger partial charge is 0.493 e. The number of anilines is 1. The lowest BCUT2D eigenvalue weighted by Gasteiger charge is -2.37. The normalized spacial score (nSPS) is 19.9. The molecule has 28 heavy (non-hydrogen) atoms. The molecule has 0 saturated carbocycles. The molecule has 3 heterocycles. The number of nitrogens with one attached hydrogen (secondary N) is 1. The van der Waals surface area contributed by atoms with Gasteiger partial charge in [-0.1, -0.05) is 5.16 Å². The number of hydrogen-bond acceptors (Lipinski definition) is 6. The third-order valence-electron chi connectivity index (χ3n) is 5.30. The molecule has 2 aliphatic heterocycles. The summed E-state index contributed by atoms with van der Waals surface area (Å²) in [4.78, 5) is 15.0. The van der Waals surface area contributed by atoms with Crippen molar-refractivity contribution in [3.05, 3.63) is 35.2 Å². The van der Waals surface area contributed by atoms with E-state index in [2.05, 4.69) is 9.88 Å². The van der Waals surface area contributed by atoms with Crippen LogP contribution in [0.15, 0.2) is 27.6 Å². The van der Waals surface area contributed by atoms with Crippen molar-refractivity contribution < 1.29 is 22.5 Å². The molecule has 150 valence electrons. The maximum Gasteiger partial charge on any atom is 0.267 e. The fourth-order valence-electron chi connectivity index (χ4n) is 3.98. The Kier molecular flexibility index (Phi) is 4.78. The lowest BCUT2D eigenvalue weighted by atomic mass is 9.97. The van der Waals surface area contributed by atoms with Crippen LogP contribution < -0.4 is 9.46 Å². The molecule has 1 amide bonds. The summed E-state index contributed by atoms with van der Waals surface area (Å²) in [6, 6.07) is 4.96. The van der Waals surface area contributed by atoms with Gasteiger partial charge in [0.15, 0.2) is 10.7 Å². The number of ether oxygens (including phenoxy) is 1. The fourth-order valence-corrected chi connectivity index (χ4v) is 5.36. The van der Waals surface area contributed by atoms with E-state index in [1.54, 1.807) is 32.0 Å². The van der Waals surface area contributed by atoms with E-state index in [1.165, 1.54) is 0 Å². The summed E-state index contributed by atoms with van der Waals surface area (Å²) in [5.41, 5.74) is 0.960. The van der Waals surface area contributed by atoms with Crippen LogP contribution in [0.3, 0.4) is 0 Å². The van der Waals surface area contributed by atoms with Gasteiger partial charge in [0.1, 0.15) is 11.4 Å². The van der Waals surface area contributed by atoms with E-state index in [4.69, 9.17) is 9.26 Å². The molecule has 0 aliphatic carbocycles. The molecule has 1 aromatic carbocycles. The van der Waals surface area contributed by atoms with Crippen molar-refractivity contribution in [2.45, 2.75) is 50.5 Å². The molecule has 8 nitrogen and oxygen atoms in total. The Morgan fingerprint density at radius 1 is 1.21 bits per heavy atom. The second kappa shape index (κ2) is 7.12. The molecule has 1 unspecified atom stereocenters. The number of rotatable bonds is 3. The van der Waals surface area contributed by atoms with Crippen molar-refractivity contribution in [1.29, 1.82) is 0 Å². The first-order chi connectivity index (χ1) is 13.4. The second-order valence-corrected chi connectivity index (χ2v) is 8.87. The molecule has 0 bridgehead atoms. The van der Waals surface area contributed by atoms with Crippen molar-refractivity contribution >= 4 is 21.6 Å². The molecule has 9 heteroatoms. The summed E-state index contributed by atoms with van der Waals surface area (Å²) in [7, 11) is -3.89. The number of sulfonamides is 1. The van der Waals surface area contributed by atoms with Crippen molar-refractivity contribution in [2.24, 2.45) is 0 Å². The van der Waals surface area contributed by atoms with Gasteiger partial charge in [-0.3, -0.25) is 9.52 Å². The van der Waals surface area contributed by atoms with Crippen molar-refractivity contribution in [3.63, 3.8) is 0 Å². The number of aromatic nitrogens is 1. The molecule has 1 aromatic heterocycles. The van der Waals surface area contributed by atoms with Gasteiger partial charge in [-0.05, 0) is 51.3 Å². The van der Waals surface area contributed by atoms with Crippen LogP contribution in [-0.2, 0) is 10.0 Å². The average Bonchev–Trinajstić information content (AvgIpc) is 3.00. The van der Waals surface area contributed by atoms with E-state index >= 15 is 0 Å². The lowest BCUT2D eigenvalue weighted by Crippen LogP contribution is -2.45. The molecule has 1 saturated heterocycles. The Hall–Kier alpha value is -2.55. The molecule has 2 aliphatic rings. The van der Waals surface area contributed by atoms with E-state index < -0.39 is 10.0 Å². The maximum absolute atomic E-state index is 13.1. The highest BCUT2D eigenvalue weighted by Gasteiger charge is 2.32. The van der Waals surface area contributed by atoms with E-state index in [1.807, 2.05) is 4.90 Å². The van der Waals surface area contributed by atoms with Crippen LogP contribution in [0, 0.1) is 13.8 Å². The number of carbonyl (C=O) groups excluding carboxylic acids is 1. The molecular weight excluding hydrogens is 382 g/mol. The van der Waals surface area contributed by atoms with Gasteiger partial charge < -0.3 is 14.2 Å². The average molecular weight is 405 g/mol. The van der Waals surface area contributed by atoms with Crippen LogP contribution >= 0.6 is 0 Å². The Balaban J connectivity index is 1.67. The van der Waals surface area contributed by atoms with E-state index in [0.29, 0.717) is 23.6 Å². The summed E-state index contributed by atoms with van der Waals surface area (Å²) in [5.74, 6) is 0.582. The van der Waals surface area contributed by atoms with Gasteiger partial charge in [0, 0.05) is 24.7 Å². The molecule has 0 spiro atoms. The van der Waals surface area contributed by atoms with E-state index in [0.717, 1.165) is 32.2 Å². The van der Waals surface area contributed by atoms with Crippen LogP contribution in [0.25, 0.3) is 0 Å². The summed E-state index contributed by atoms with van der Waals surface area (Å²) in [6.07, 6.45) is 3.88. The van der Waals surface area contributed by atoms with E-state index in [9.17, 15) is 13.2 Å². The van der Waals surface area contributed by atoms with E-state index in [-0.39, 0.29) is 28.3 Å². The summed E-state index contributed by atoms with van der Waals surface area (Å²) in [6.45, 7) is 4.37. The third-order valence-corrected chi connectivity index (χ3v) is 6.92. The SMILES string of the molecule is Cc1noc(C)c1S(=O)(=O)Nc1ccc2c(c1)C(=O)N1CCCCC1CCO2. The number of benzene rings is 1. The van der Waals surface area contributed by atoms with Gasteiger partial charge in [0.05, 0.1) is 12.2 Å². The highest BCUT2D eigenvalue weighted by molar-refractivity contribution is 7.92. The molecule has 1 atom stereocenters. The fraction of sp³-hybridized carbons (Fsp3) is 0.474. The molecule has 4 rings (SSSR count). The predicted octanol–water partition coefficient (Wildman–Crippen LogP) is 2.87. The first-order valence-corrected chi connectivity index (χ1v) is 10.9. The van der Waals surface area contributed by atoms with Gasteiger partial charge in [-0.15, -0.1) is 0 Å². The molecule has 1 N–H and O–H groups in total. The number of amides is 1. The lowest BCUT2D eigenvalue weighted by molar-refractivity contribution is 0.0548. The van der Waals surface area contributed by atoms with Gasteiger partial charge >= 0.3 is 0 Å². The molecule has 2 aromatic rings. The minimum absolute atomic E-state index is 0.0120. The number of hydrogen-bond donors (Lipinski definition) is 1. The number of nitrogens with zero attached hydrogens (tertiary/aromatic N) is 2. The zero-order valence-corrected chi connectivity index (χ0v) is 16.7. The van der Waals surface area contributed by atoms with Gasteiger partial charge in [-0.2, -0.15) is 0 Å². The second-order valence-electron chi connectivity index (χ2n) is 7.26. The van der Waals surface area contributed by atoms with Crippen molar-refractivity contribution in [1.82, 2.24) is 10.1 Å². The number of piperidine rings is 1. The minimum atomic E-state index is -3.89. The molecule has 0 radical (unpaired) electrons. The molecule has 1 fully saturated rings. The Bertz CT molecular complexity index is 995. The first kappa shape index (κ1) is 18.8. The van der Waals surface area contributed by atoms with Crippen LogP contribution in [0.1, 0.15) is 47.5 Å². The van der Waals surface area contributed by atoms with Crippen molar-refractivity contribution in [2.75, 3.05) is 17.9 Å². The highest BCUT2D eigenvalue weighted by atomic mass is 32.2. The van der Waals surface area contributed by atoms with Gasteiger partial charge in [0.2, 0.25) is 0 Å².